The van der Waals surface area contributed by atoms with Crippen molar-refractivity contribution in [3.8, 4) is 0 Å². The topological polar surface area (TPSA) is 12.9 Å². The molecule has 2 rings (SSSR count). The van der Waals surface area contributed by atoms with Crippen molar-refractivity contribution in [1.82, 2.24) is 4.98 Å². The molecule has 2 aromatic rings. The van der Waals surface area contributed by atoms with E-state index >= 15 is 0 Å². The molecule has 0 aliphatic carbocycles. The molecular weight excluding hydrogens is 228 g/mol. The number of benzene rings is 1. The molecule has 0 bridgehead atoms. The van der Waals surface area contributed by atoms with E-state index in [-0.39, 0.29) is 0 Å². The average molecular weight is 232 g/mol. The van der Waals surface area contributed by atoms with Crippen molar-refractivity contribution >= 4 is 45.6 Å². The molecule has 1 aromatic heterocycles. The molecule has 0 aliphatic heterocycles. The van der Waals surface area contributed by atoms with E-state index in [4.69, 9.17) is 34.8 Å². The van der Waals surface area contributed by atoms with Gasteiger partial charge < -0.3 is 0 Å². The summed E-state index contributed by atoms with van der Waals surface area (Å²) in [6.45, 7) is 0. The first-order chi connectivity index (χ1) is 6.16. The van der Waals surface area contributed by atoms with E-state index in [1.807, 2.05) is 6.07 Å². The number of hydrogen-bond acceptors (Lipinski definition) is 1. The van der Waals surface area contributed by atoms with Crippen molar-refractivity contribution in [2.45, 2.75) is 0 Å². The lowest BCUT2D eigenvalue weighted by molar-refractivity contribution is 1.36. The van der Waals surface area contributed by atoms with Gasteiger partial charge in [0.2, 0.25) is 0 Å². The highest BCUT2D eigenvalue weighted by atomic mass is 35.5. The van der Waals surface area contributed by atoms with Gasteiger partial charge in [-0.3, -0.25) is 0 Å². The fourth-order valence-corrected chi connectivity index (χ4v) is 1.82. The standard InChI is InChI=1S/C9H4Cl3N/c10-6-2-1-5-3-8(11)13-9(12)7(5)4-6/h1-4H. The Morgan fingerprint density at radius 3 is 2.54 bits per heavy atom. The molecule has 1 aromatic carbocycles. The maximum absolute atomic E-state index is 5.88. The van der Waals surface area contributed by atoms with Gasteiger partial charge in [0.1, 0.15) is 10.3 Å². The number of fused-ring (bicyclic) bond motifs is 1. The van der Waals surface area contributed by atoms with Gasteiger partial charge in [-0.2, -0.15) is 0 Å². The van der Waals surface area contributed by atoms with Crippen molar-refractivity contribution in [2.24, 2.45) is 0 Å². The molecule has 0 saturated heterocycles. The molecule has 0 N–H and O–H groups in total. The van der Waals surface area contributed by atoms with Crippen molar-refractivity contribution < 1.29 is 0 Å². The van der Waals surface area contributed by atoms with Crippen LogP contribution in [0.15, 0.2) is 24.3 Å². The summed E-state index contributed by atoms with van der Waals surface area (Å²) >= 11 is 17.4. The smallest absolute Gasteiger partial charge is 0.138 e. The van der Waals surface area contributed by atoms with E-state index in [1.54, 1.807) is 18.2 Å². The Morgan fingerprint density at radius 2 is 1.77 bits per heavy atom. The Balaban J connectivity index is 2.87. The number of hydrogen-bond donors (Lipinski definition) is 0. The lowest BCUT2D eigenvalue weighted by Crippen LogP contribution is -1.80. The van der Waals surface area contributed by atoms with E-state index in [2.05, 4.69) is 4.98 Å². The second-order valence-corrected chi connectivity index (χ2v) is 3.78. The third-order valence-corrected chi connectivity index (χ3v) is 2.43. The van der Waals surface area contributed by atoms with Crippen LogP contribution >= 0.6 is 34.8 Å². The normalized spacial score (nSPS) is 10.7. The van der Waals surface area contributed by atoms with Crippen molar-refractivity contribution in [3.05, 3.63) is 39.6 Å². The molecule has 0 saturated carbocycles. The first kappa shape index (κ1) is 9.07. The van der Waals surface area contributed by atoms with Gasteiger partial charge >= 0.3 is 0 Å². The van der Waals surface area contributed by atoms with Gasteiger partial charge in [0.25, 0.3) is 0 Å². The number of nitrogens with zero attached hydrogens (tertiary/aromatic N) is 1. The monoisotopic (exact) mass is 231 g/mol. The van der Waals surface area contributed by atoms with E-state index in [1.165, 1.54) is 0 Å². The number of pyridine rings is 1. The van der Waals surface area contributed by atoms with Gasteiger partial charge in [-0.15, -0.1) is 0 Å². The lowest BCUT2D eigenvalue weighted by atomic mass is 10.2. The van der Waals surface area contributed by atoms with Crippen LogP contribution in [0.4, 0.5) is 0 Å². The maximum atomic E-state index is 5.88. The molecule has 0 unspecified atom stereocenters. The molecule has 0 fully saturated rings. The lowest BCUT2D eigenvalue weighted by Gasteiger charge is -2.00. The molecule has 0 aliphatic rings. The molecule has 4 heteroatoms. The van der Waals surface area contributed by atoms with Gasteiger partial charge in [0, 0.05) is 10.4 Å². The first-order valence-corrected chi connectivity index (χ1v) is 4.71. The summed E-state index contributed by atoms with van der Waals surface area (Å²) in [5, 5.41) is 3.16. The van der Waals surface area contributed by atoms with Gasteiger partial charge in [-0.25, -0.2) is 4.98 Å². The first-order valence-electron chi connectivity index (χ1n) is 3.58. The summed E-state index contributed by atoms with van der Waals surface area (Å²) in [5.41, 5.74) is 0. The zero-order valence-electron chi connectivity index (χ0n) is 6.39. The molecular formula is C9H4Cl3N. The van der Waals surface area contributed by atoms with Gasteiger partial charge in [-0.1, -0.05) is 40.9 Å². The van der Waals surface area contributed by atoms with Crippen LogP contribution in [-0.2, 0) is 0 Å². The van der Waals surface area contributed by atoms with Crippen molar-refractivity contribution in [2.75, 3.05) is 0 Å². The fourth-order valence-electron chi connectivity index (χ4n) is 1.15. The molecule has 0 radical (unpaired) electrons. The SMILES string of the molecule is Clc1ccc2cc(Cl)nc(Cl)c2c1. The second-order valence-electron chi connectivity index (χ2n) is 2.60. The Kier molecular flexibility index (Phi) is 2.33. The van der Waals surface area contributed by atoms with E-state index in [0.29, 0.717) is 15.3 Å². The Labute approximate surface area is 90.2 Å². The number of halogens is 3. The van der Waals surface area contributed by atoms with E-state index < -0.39 is 0 Å². The van der Waals surface area contributed by atoms with Crippen LogP contribution in [0.1, 0.15) is 0 Å². The summed E-state index contributed by atoms with van der Waals surface area (Å²) in [4.78, 5) is 3.92. The van der Waals surface area contributed by atoms with Crippen LogP contribution in [0.2, 0.25) is 15.3 Å². The van der Waals surface area contributed by atoms with Crippen LogP contribution in [-0.4, -0.2) is 4.98 Å². The second kappa shape index (κ2) is 3.33. The fraction of sp³-hybridized carbons (Fsp3) is 0. The zero-order valence-corrected chi connectivity index (χ0v) is 8.66. The minimum atomic E-state index is 0.380. The summed E-state index contributed by atoms with van der Waals surface area (Å²) in [5.74, 6) is 0. The third kappa shape index (κ3) is 1.73. The van der Waals surface area contributed by atoms with Crippen LogP contribution < -0.4 is 0 Å². The van der Waals surface area contributed by atoms with Crippen molar-refractivity contribution in [1.29, 1.82) is 0 Å². The summed E-state index contributed by atoms with van der Waals surface area (Å²) in [7, 11) is 0. The van der Waals surface area contributed by atoms with Crippen LogP contribution in [0.3, 0.4) is 0 Å². The highest BCUT2D eigenvalue weighted by molar-refractivity contribution is 6.37. The largest absolute Gasteiger partial charge is 0.224 e. The van der Waals surface area contributed by atoms with Crippen LogP contribution in [0.5, 0.6) is 0 Å². The molecule has 66 valence electrons. The summed E-state index contributed by atoms with van der Waals surface area (Å²) < 4.78 is 0. The molecule has 0 atom stereocenters. The summed E-state index contributed by atoms with van der Waals surface area (Å²) in [6.07, 6.45) is 0. The molecule has 1 nitrogen and oxygen atoms in total. The van der Waals surface area contributed by atoms with Crippen molar-refractivity contribution in [3.63, 3.8) is 0 Å². The highest BCUT2D eigenvalue weighted by Gasteiger charge is 2.02. The molecule has 13 heavy (non-hydrogen) atoms. The Bertz CT molecular complexity index is 468. The van der Waals surface area contributed by atoms with E-state index in [0.717, 1.165) is 10.8 Å². The highest BCUT2D eigenvalue weighted by Crippen LogP contribution is 2.26. The Hall–Kier alpha value is -0.500. The predicted molar refractivity (Wildman–Crippen MR) is 56.8 cm³/mol. The third-order valence-electron chi connectivity index (χ3n) is 1.72. The van der Waals surface area contributed by atoms with Gasteiger partial charge in [0.05, 0.1) is 0 Å². The van der Waals surface area contributed by atoms with Crippen LogP contribution in [0.25, 0.3) is 10.8 Å². The zero-order chi connectivity index (χ0) is 9.42. The van der Waals surface area contributed by atoms with Crippen LogP contribution in [0, 0.1) is 0 Å². The molecule has 1 heterocycles. The quantitative estimate of drug-likeness (QED) is 0.621. The summed E-state index contributed by atoms with van der Waals surface area (Å²) in [6, 6.07) is 7.16. The minimum absolute atomic E-state index is 0.380. The number of aromatic nitrogens is 1. The number of rotatable bonds is 0. The van der Waals surface area contributed by atoms with E-state index in [9.17, 15) is 0 Å². The molecule has 0 spiro atoms. The maximum Gasteiger partial charge on any atom is 0.138 e. The van der Waals surface area contributed by atoms with Gasteiger partial charge in [0.15, 0.2) is 0 Å². The average Bonchev–Trinajstić information content (AvgIpc) is 2.06. The predicted octanol–water partition coefficient (Wildman–Crippen LogP) is 4.20. The van der Waals surface area contributed by atoms with Gasteiger partial charge in [-0.05, 0) is 23.6 Å². The Morgan fingerprint density at radius 1 is 1.00 bits per heavy atom. The molecule has 0 amide bonds. The minimum Gasteiger partial charge on any atom is -0.224 e.